The molecule has 0 aromatic carbocycles. The largest absolute Gasteiger partial charge is 0.467 e. The van der Waals surface area contributed by atoms with Crippen molar-refractivity contribution in [3.05, 3.63) is 30.0 Å². The van der Waals surface area contributed by atoms with Crippen LogP contribution in [0.4, 0.5) is 13.2 Å². The van der Waals surface area contributed by atoms with Crippen molar-refractivity contribution in [2.75, 3.05) is 12.3 Å². The third-order valence-electron chi connectivity index (χ3n) is 4.75. The van der Waals surface area contributed by atoms with E-state index in [-0.39, 0.29) is 12.3 Å². The zero-order valence-electron chi connectivity index (χ0n) is 15.4. The second kappa shape index (κ2) is 9.49. The van der Waals surface area contributed by atoms with Gasteiger partial charge in [0.15, 0.2) is 0 Å². The molecule has 3 rings (SSSR count). The molecular formula is C18H23F3N4O2S. The maximum Gasteiger partial charge on any atom is 0.406 e. The highest BCUT2D eigenvalue weighted by Gasteiger charge is 2.33. The number of carbonyl (C=O) groups is 1. The van der Waals surface area contributed by atoms with Crippen molar-refractivity contribution < 1.29 is 22.4 Å². The quantitative estimate of drug-likeness (QED) is 0.620. The Morgan fingerprint density at radius 1 is 1.36 bits per heavy atom. The molecule has 0 radical (unpaired) electrons. The molecule has 0 atom stereocenters. The highest BCUT2D eigenvalue weighted by atomic mass is 32.2. The van der Waals surface area contributed by atoms with Crippen LogP contribution in [-0.4, -0.2) is 44.5 Å². The number of nitrogens with zero attached hydrogens (tertiary/aromatic N) is 3. The molecule has 2 aromatic rings. The summed E-state index contributed by atoms with van der Waals surface area (Å²) in [5, 5.41) is 7.29. The number of hydrogen-bond donors (Lipinski definition) is 1. The van der Waals surface area contributed by atoms with Crippen molar-refractivity contribution in [2.24, 2.45) is 5.92 Å². The van der Waals surface area contributed by atoms with E-state index in [0.29, 0.717) is 10.9 Å². The molecule has 1 aliphatic carbocycles. The lowest BCUT2D eigenvalue weighted by Crippen LogP contribution is -2.39. The summed E-state index contributed by atoms with van der Waals surface area (Å²) in [5.41, 5.74) is 0. The van der Waals surface area contributed by atoms with Gasteiger partial charge in [0.05, 0.1) is 18.6 Å². The first-order valence-corrected chi connectivity index (χ1v) is 10.3. The van der Waals surface area contributed by atoms with E-state index in [9.17, 15) is 18.0 Å². The highest BCUT2D eigenvalue weighted by molar-refractivity contribution is 7.99. The zero-order valence-corrected chi connectivity index (χ0v) is 16.2. The summed E-state index contributed by atoms with van der Waals surface area (Å²) < 4.78 is 43.5. The number of hydrogen-bond acceptors (Lipinski definition) is 5. The summed E-state index contributed by atoms with van der Waals surface area (Å²) in [6, 6.07) is 3.11. The molecule has 1 aliphatic rings. The Morgan fingerprint density at radius 3 is 2.82 bits per heavy atom. The van der Waals surface area contributed by atoms with Gasteiger partial charge < -0.3 is 9.32 Å². The van der Waals surface area contributed by atoms with E-state index in [1.807, 2.05) is 0 Å². The fourth-order valence-corrected chi connectivity index (χ4v) is 4.07. The van der Waals surface area contributed by atoms with Crippen molar-refractivity contribution in [2.45, 2.75) is 56.4 Å². The van der Waals surface area contributed by atoms with Gasteiger partial charge in [0.25, 0.3) is 0 Å². The second-order valence-electron chi connectivity index (χ2n) is 6.99. The SMILES string of the molecule is O=C(CSc1n[nH]c(CCC2CCCC2)n1)N(Cc1ccco1)CC(F)(F)F. The molecule has 1 N–H and O–H groups in total. The predicted molar refractivity (Wildman–Crippen MR) is 97.6 cm³/mol. The molecule has 0 saturated heterocycles. The maximum absolute atomic E-state index is 12.8. The molecule has 0 bridgehead atoms. The lowest BCUT2D eigenvalue weighted by atomic mass is 10.0. The molecule has 0 aliphatic heterocycles. The first kappa shape index (κ1) is 20.8. The van der Waals surface area contributed by atoms with Gasteiger partial charge in [0.1, 0.15) is 18.1 Å². The predicted octanol–water partition coefficient (Wildman–Crippen LogP) is 4.20. The molecule has 10 heteroatoms. The zero-order chi connectivity index (χ0) is 20.0. The minimum Gasteiger partial charge on any atom is -0.467 e. The Bertz CT molecular complexity index is 742. The van der Waals surface area contributed by atoms with Gasteiger partial charge in [-0.1, -0.05) is 37.4 Å². The van der Waals surface area contributed by atoms with E-state index in [2.05, 4.69) is 15.2 Å². The molecule has 2 heterocycles. The number of carbonyl (C=O) groups excluding carboxylic acids is 1. The van der Waals surface area contributed by atoms with E-state index < -0.39 is 18.6 Å². The molecule has 1 amide bonds. The number of thioether (sulfide) groups is 1. The number of aryl methyl sites for hydroxylation is 1. The van der Waals surface area contributed by atoms with Crippen LogP contribution in [0.5, 0.6) is 0 Å². The molecule has 0 spiro atoms. The summed E-state index contributed by atoms with van der Waals surface area (Å²) in [6.07, 6.45) is 3.83. The molecule has 154 valence electrons. The number of amides is 1. The van der Waals surface area contributed by atoms with E-state index >= 15 is 0 Å². The molecule has 6 nitrogen and oxygen atoms in total. The minimum absolute atomic E-state index is 0.170. The van der Waals surface area contributed by atoms with Gasteiger partial charge in [0, 0.05) is 6.42 Å². The van der Waals surface area contributed by atoms with Gasteiger partial charge in [-0.15, -0.1) is 5.10 Å². The Labute approximate surface area is 165 Å². The van der Waals surface area contributed by atoms with Crippen molar-refractivity contribution in [1.82, 2.24) is 20.1 Å². The van der Waals surface area contributed by atoms with Gasteiger partial charge in [0.2, 0.25) is 11.1 Å². The van der Waals surface area contributed by atoms with Crippen LogP contribution in [0.1, 0.15) is 43.7 Å². The molecule has 28 heavy (non-hydrogen) atoms. The van der Waals surface area contributed by atoms with Crippen molar-refractivity contribution in [1.29, 1.82) is 0 Å². The molecule has 2 aromatic heterocycles. The van der Waals surface area contributed by atoms with Crippen LogP contribution in [0.3, 0.4) is 0 Å². The average molecular weight is 416 g/mol. The molecule has 0 unspecified atom stereocenters. The summed E-state index contributed by atoms with van der Waals surface area (Å²) in [6.45, 7) is -1.56. The molecule has 1 saturated carbocycles. The average Bonchev–Trinajstić information content (AvgIpc) is 3.38. The third kappa shape index (κ3) is 6.57. The Hall–Kier alpha value is -1.97. The first-order valence-electron chi connectivity index (χ1n) is 9.30. The fourth-order valence-electron chi connectivity index (χ4n) is 3.35. The Morgan fingerprint density at radius 2 is 2.14 bits per heavy atom. The van der Waals surface area contributed by atoms with E-state index in [1.54, 1.807) is 6.07 Å². The van der Waals surface area contributed by atoms with E-state index in [0.717, 1.165) is 41.2 Å². The van der Waals surface area contributed by atoms with Gasteiger partial charge in [-0.2, -0.15) is 13.2 Å². The lowest BCUT2D eigenvalue weighted by molar-refractivity contribution is -0.161. The number of furan rings is 1. The number of H-pyrrole nitrogens is 1. The van der Waals surface area contributed by atoms with Gasteiger partial charge in [-0.25, -0.2) is 4.98 Å². The highest BCUT2D eigenvalue weighted by Crippen LogP contribution is 2.28. The standard InChI is InChI=1S/C18H23F3N4O2S/c19-18(20,21)12-25(10-14-6-3-9-27-14)16(26)11-28-17-22-15(23-24-17)8-7-13-4-1-2-5-13/h3,6,9,13H,1-2,4-5,7-8,10-12H2,(H,22,23,24). The van der Waals surface area contributed by atoms with Crippen LogP contribution < -0.4 is 0 Å². The summed E-state index contributed by atoms with van der Waals surface area (Å²) in [7, 11) is 0. The van der Waals surface area contributed by atoms with E-state index in [1.165, 1.54) is 38.0 Å². The van der Waals surface area contributed by atoms with Crippen LogP contribution in [0.25, 0.3) is 0 Å². The monoisotopic (exact) mass is 416 g/mol. The summed E-state index contributed by atoms with van der Waals surface area (Å²) in [5.74, 6) is 0.979. The Balaban J connectivity index is 1.50. The Kier molecular flexibility index (Phi) is 7.03. The van der Waals surface area contributed by atoms with Crippen LogP contribution in [0.2, 0.25) is 0 Å². The number of nitrogens with one attached hydrogen (secondary N) is 1. The number of aromatic nitrogens is 3. The van der Waals surface area contributed by atoms with Crippen LogP contribution in [0, 0.1) is 5.92 Å². The van der Waals surface area contributed by atoms with Crippen LogP contribution in [0.15, 0.2) is 28.0 Å². The van der Waals surface area contributed by atoms with E-state index in [4.69, 9.17) is 4.42 Å². The van der Waals surface area contributed by atoms with Crippen LogP contribution in [-0.2, 0) is 17.8 Å². The lowest BCUT2D eigenvalue weighted by Gasteiger charge is -2.22. The second-order valence-corrected chi connectivity index (χ2v) is 7.93. The number of alkyl halides is 3. The fraction of sp³-hybridized carbons (Fsp3) is 0.611. The van der Waals surface area contributed by atoms with Crippen molar-refractivity contribution in [3.8, 4) is 0 Å². The van der Waals surface area contributed by atoms with Crippen molar-refractivity contribution >= 4 is 17.7 Å². The normalized spacial score (nSPS) is 15.2. The number of rotatable bonds is 9. The third-order valence-corrected chi connectivity index (χ3v) is 5.58. The molecular weight excluding hydrogens is 393 g/mol. The number of aromatic amines is 1. The number of halogens is 3. The first-order chi connectivity index (χ1) is 13.4. The van der Waals surface area contributed by atoms with Gasteiger partial charge in [-0.05, 0) is 24.5 Å². The van der Waals surface area contributed by atoms with Crippen molar-refractivity contribution in [3.63, 3.8) is 0 Å². The summed E-state index contributed by atoms with van der Waals surface area (Å²) in [4.78, 5) is 17.4. The van der Waals surface area contributed by atoms with Crippen LogP contribution >= 0.6 is 11.8 Å². The molecule has 1 fully saturated rings. The van der Waals surface area contributed by atoms with Gasteiger partial charge in [-0.3, -0.25) is 9.89 Å². The maximum atomic E-state index is 12.8. The summed E-state index contributed by atoms with van der Waals surface area (Å²) >= 11 is 1.03. The minimum atomic E-state index is -4.48. The topological polar surface area (TPSA) is 75.0 Å². The van der Waals surface area contributed by atoms with Gasteiger partial charge >= 0.3 is 6.18 Å². The smallest absolute Gasteiger partial charge is 0.406 e.